The van der Waals surface area contributed by atoms with Crippen LogP contribution >= 0.6 is 0 Å². The van der Waals surface area contributed by atoms with E-state index in [2.05, 4.69) is 23.8 Å². The zero-order chi connectivity index (χ0) is 12.0. The zero-order valence-electron chi connectivity index (χ0n) is 10.5. The van der Waals surface area contributed by atoms with Crippen molar-refractivity contribution >= 4 is 5.97 Å². The van der Waals surface area contributed by atoms with Crippen LogP contribution in [0.15, 0.2) is 0 Å². The van der Waals surface area contributed by atoms with Gasteiger partial charge in [0.05, 0.1) is 0 Å². The number of rotatable bonds is 6. The number of carboxylic acids is 1. The fourth-order valence-corrected chi connectivity index (χ4v) is 2.18. The molecule has 0 aliphatic carbocycles. The van der Waals surface area contributed by atoms with E-state index in [0.29, 0.717) is 0 Å². The fraction of sp³-hybridized carbons (Fsp3) is 0.917. The first kappa shape index (κ1) is 13.5. The Morgan fingerprint density at radius 3 is 2.38 bits per heavy atom. The number of nitrogens with zero attached hydrogens (tertiary/aromatic N) is 2. The maximum absolute atomic E-state index is 11.2. The van der Waals surface area contributed by atoms with Gasteiger partial charge in [0.25, 0.3) is 0 Å². The summed E-state index contributed by atoms with van der Waals surface area (Å²) in [5, 5.41) is 9.24. The summed E-state index contributed by atoms with van der Waals surface area (Å²) in [4.78, 5) is 15.6. The maximum Gasteiger partial charge on any atom is 0.320 e. The quantitative estimate of drug-likeness (QED) is 0.695. The summed E-state index contributed by atoms with van der Waals surface area (Å²) >= 11 is 0. The first-order valence-electron chi connectivity index (χ1n) is 6.30. The number of carboxylic acid groups (broad SMARTS) is 1. The molecule has 1 heterocycles. The molecule has 0 aromatic rings. The highest BCUT2D eigenvalue weighted by molar-refractivity contribution is 5.73. The Kier molecular flexibility index (Phi) is 5.77. The van der Waals surface area contributed by atoms with Gasteiger partial charge in [-0.3, -0.25) is 9.69 Å². The normalized spacial score (nSPS) is 20.9. The molecular weight excluding hydrogens is 204 g/mol. The van der Waals surface area contributed by atoms with E-state index in [0.717, 1.165) is 51.9 Å². The second kappa shape index (κ2) is 6.86. The second-order valence-electron chi connectivity index (χ2n) is 4.69. The molecule has 0 aromatic carbocycles. The minimum absolute atomic E-state index is 0.264. The van der Waals surface area contributed by atoms with Crippen LogP contribution in [-0.2, 0) is 4.79 Å². The van der Waals surface area contributed by atoms with Crippen molar-refractivity contribution in [2.75, 3.05) is 33.2 Å². The highest BCUT2D eigenvalue weighted by Gasteiger charge is 2.27. The number of aliphatic carboxylic acids is 1. The lowest BCUT2D eigenvalue weighted by Crippen LogP contribution is -2.51. The smallest absolute Gasteiger partial charge is 0.320 e. The van der Waals surface area contributed by atoms with E-state index in [1.165, 1.54) is 0 Å². The van der Waals surface area contributed by atoms with Gasteiger partial charge < -0.3 is 10.0 Å². The molecule has 1 saturated heterocycles. The van der Waals surface area contributed by atoms with E-state index in [1.807, 2.05) is 0 Å². The Balaban J connectivity index is 2.40. The van der Waals surface area contributed by atoms with Crippen molar-refractivity contribution in [1.29, 1.82) is 0 Å². The maximum atomic E-state index is 11.2. The van der Waals surface area contributed by atoms with Crippen molar-refractivity contribution < 1.29 is 9.90 Å². The van der Waals surface area contributed by atoms with E-state index < -0.39 is 5.97 Å². The SMILES string of the molecule is CCCCCC(C(=O)O)N1CCN(C)CC1. The Morgan fingerprint density at radius 1 is 1.25 bits per heavy atom. The molecule has 1 aliphatic rings. The molecule has 1 rings (SSSR count). The predicted molar refractivity (Wildman–Crippen MR) is 64.6 cm³/mol. The van der Waals surface area contributed by atoms with Gasteiger partial charge in [0.2, 0.25) is 0 Å². The van der Waals surface area contributed by atoms with Crippen LogP contribution in [0.2, 0.25) is 0 Å². The van der Waals surface area contributed by atoms with Crippen molar-refractivity contribution in [3.05, 3.63) is 0 Å². The molecule has 0 spiro atoms. The molecule has 94 valence electrons. The highest BCUT2D eigenvalue weighted by atomic mass is 16.4. The first-order valence-corrected chi connectivity index (χ1v) is 6.30. The van der Waals surface area contributed by atoms with Crippen LogP contribution in [0.25, 0.3) is 0 Å². The number of hydrogen-bond acceptors (Lipinski definition) is 3. The Morgan fingerprint density at radius 2 is 1.88 bits per heavy atom. The summed E-state index contributed by atoms with van der Waals surface area (Å²) in [5.41, 5.74) is 0. The summed E-state index contributed by atoms with van der Waals surface area (Å²) in [6, 6.07) is -0.264. The van der Waals surface area contributed by atoms with Crippen LogP contribution in [0.1, 0.15) is 32.6 Å². The molecule has 1 unspecified atom stereocenters. The summed E-state index contributed by atoms with van der Waals surface area (Å²) in [7, 11) is 2.09. The second-order valence-corrected chi connectivity index (χ2v) is 4.69. The van der Waals surface area contributed by atoms with Crippen molar-refractivity contribution in [1.82, 2.24) is 9.80 Å². The van der Waals surface area contributed by atoms with Crippen LogP contribution in [-0.4, -0.2) is 60.1 Å². The monoisotopic (exact) mass is 228 g/mol. The minimum atomic E-state index is -0.652. The zero-order valence-corrected chi connectivity index (χ0v) is 10.5. The minimum Gasteiger partial charge on any atom is -0.480 e. The Labute approximate surface area is 98.2 Å². The van der Waals surface area contributed by atoms with E-state index in [-0.39, 0.29) is 6.04 Å². The molecule has 4 heteroatoms. The van der Waals surface area contributed by atoms with Gasteiger partial charge >= 0.3 is 5.97 Å². The van der Waals surface area contributed by atoms with E-state index in [4.69, 9.17) is 0 Å². The van der Waals surface area contributed by atoms with Crippen LogP contribution in [0, 0.1) is 0 Å². The summed E-state index contributed by atoms with van der Waals surface area (Å²) in [6.07, 6.45) is 4.11. The van der Waals surface area contributed by atoms with Gasteiger partial charge in [-0.2, -0.15) is 0 Å². The molecule has 0 aromatic heterocycles. The highest BCUT2D eigenvalue weighted by Crippen LogP contribution is 2.12. The van der Waals surface area contributed by atoms with Gasteiger partial charge in [-0.1, -0.05) is 26.2 Å². The standard InChI is InChI=1S/C12H24N2O2/c1-3-4-5-6-11(12(15)16)14-9-7-13(2)8-10-14/h11H,3-10H2,1-2H3,(H,15,16). The average molecular weight is 228 g/mol. The number of hydrogen-bond donors (Lipinski definition) is 1. The third kappa shape index (κ3) is 4.10. The van der Waals surface area contributed by atoms with Crippen LogP contribution in [0.5, 0.6) is 0 Å². The van der Waals surface area contributed by atoms with Crippen LogP contribution in [0.3, 0.4) is 0 Å². The van der Waals surface area contributed by atoms with E-state index >= 15 is 0 Å². The average Bonchev–Trinajstić information content (AvgIpc) is 2.26. The molecule has 1 atom stereocenters. The Hall–Kier alpha value is -0.610. The van der Waals surface area contributed by atoms with Crippen molar-refractivity contribution in [3.63, 3.8) is 0 Å². The summed E-state index contributed by atoms with van der Waals surface area (Å²) < 4.78 is 0. The molecule has 1 fully saturated rings. The fourth-order valence-electron chi connectivity index (χ4n) is 2.18. The molecule has 0 bridgehead atoms. The van der Waals surface area contributed by atoms with Crippen molar-refractivity contribution in [3.8, 4) is 0 Å². The van der Waals surface area contributed by atoms with Gasteiger partial charge in [-0.05, 0) is 13.5 Å². The van der Waals surface area contributed by atoms with Crippen molar-refractivity contribution in [2.24, 2.45) is 0 Å². The third-order valence-electron chi connectivity index (χ3n) is 3.34. The van der Waals surface area contributed by atoms with Crippen molar-refractivity contribution in [2.45, 2.75) is 38.6 Å². The lowest BCUT2D eigenvalue weighted by Gasteiger charge is -2.36. The van der Waals surface area contributed by atoms with Gasteiger partial charge in [0.15, 0.2) is 0 Å². The molecule has 0 amide bonds. The van der Waals surface area contributed by atoms with Gasteiger partial charge in [0.1, 0.15) is 6.04 Å². The lowest BCUT2D eigenvalue weighted by atomic mass is 10.1. The molecule has 4 nitrogen and oxygen atoms in total. The molecule has 0 radical (unpaired) electrons. The third-order valence-corrected chi connectivity index (χ3v) is 3.34. The van der Waals surface area contributed by atoms with E-state index in [9.17, 15) is 9.90 Å². The van der Waals surface area contributed by atoms with Crippen LogP contribution in [0.4, 0.5) is 0 Å². The van der Waals surface area contributed by atoms with E-state index in [1.54, 1.807) is 0 Å². The lowest BCUT2D eigenvalue weighted by molar-refractivity contribution is -0.144. The molecule has 1 aliphatic heterocycles. The topological polar surface area (TPSA) is 43.8 Å². The molecule has 0 saturated carbocycles. The number of piperazine rings is 1. The Bertz CT molecular complexity index is 213. The van der Waals surface area contributed by atoms with Crippen LogP contribution < -0.4 is 0 Å². The number of unbranched alkanes of at least 4 members (excludes halogenated alkanes) is 2. The molecular formula is C12H24N2O2. The molecule has 1 N–H and O–H groups in total. The number of likely N-dealkylation sites (N-methyl/N-ethyl adjacent to an activating group) is 1. The largest absolute Gasteiger partial charge is 0.480 e. The summed E-state index contributed by atoms with van der Waals surface area (Å²) in [5.74, 6) is -0.652. The predicted octanol–water partition coefficient (Wildman–Crippen LogP) is 1.27. The van der Waals surface area contributed by atoms with Gasteiger partial charge in [-0.15, -0.1) is 0 Å². The summed E-state index contributed by atoms with van der Waals surface area (Å²) in [6.45, 7) is 5.89. The molecule has 16 heavy (non-hydrogen) atoms. The van der Waals surface area contributed by atoms with Gasteiger partial charge in [-0.25, -0.2) is 0 Å². The van der Waals surface area contributed by atoms with Gasteiger partial charge in [0, 0.05) is 26.2 Å². The number of carbonyl (C=O) groups is 1. The first-order chi connectivity index (χ1) is 7.65.